The van der Waals surface area contributed by atoms with Gasteiger partial charge in [0.05, 0.1) is 18.4 Å². The number of para-hydroxylation sites is 1. The Hall–Kier alpha value is -3.90. The highest BCUT2D eigenvalue weighted by atomic mass is 16.5. The van der Waals surface area contributed by atoms with Crippen LogP contribution >= 0.6 is 0 Å². The fourth-order valence-electron chi connectivity index (χ4n) is 5.68. The van der Waals surface area contributed by atoms with Gasteiger partial charge in [-0.3, -0.25) is 4.79 Å². The van der Waals surface area contributed by atoms with Gasteiger partial charge in [0.25, 0.3) is 5.91 Å². The third-order valence-corrected chi connectivity index (χ3v) is 7.50. The molecular formula is C30H30N4O2. The molecule has 3 heterocycles. The van der Waals surface area contributed by atoms with Gasteiger partial charge in [0.1, 0.15) is 11.4 Å². The predicted octanol–water partition coefficient (Wildman–Crippen LogP) is 5.30. The van der Waals surface area contributed by atoms with Crippen LogP contribution in [0.1, 0.15) is 33.8 Å². The molecule has 3 aromatic carbocycles. The number of carbonyl (C=O) groups is 1. The Labute approximate surface area is 211 Å². The van der Waals surface area contributed by atoms with Gasteiger partial charge in [-0.2, -0.15) is 5.10 Å². The monoisotopic (exact) mass is 478 g/mol. The first-order valence-corrected chi connectivity index (χ1v) is 12.5. The van der Waals surface area contributed by atoms with Crippen molar-refractivity contribution < 1.29 is 9.53 Å². The van der Waals surface area contributed by atoms with E-state index in [-0.39, 0.29) is 11.9 Å². The average Bonchev–Trinajstić information content (AvgIpc) is 3.49. The number of hydrogen-bond acceptors (Lipinski definition) is 4. The Balaban J connectivity index is 1.48. The second-order valence-corrected chi connectivity index (χ2v) is 9.86. The van der Waals surface area contributed by atoms with E-state index in [1.54, 1.807) is 7.11 Å². The number of aryl methyl sites for hydroxylation is 1. The second-order valence-electron chi connectivity index (χ2n) is 9.86. The summed E-state index contributed by atoms with van der Waals surface area (Å²) in [5.41, 5.74) is 6.63. The molecule has 1 fully saturated rings. The number of carbonyl (C=O) groups excluding carboxylic acids is 1. The number of piperidine rings is 1. The third kappa shape index (κ3) is 3.78. The first-order valence-electron chi connectivity index (χ1n) is 12.5. The Morgan fingerprint density at radius 3 is 2.56 bits per heavy atom. The average molecular weight is 479 g/mol. The highest BCUT2D eigenvalue weighted by Gasteiger charge is 2.44. The zero-order valence-corrected chi connectivity index (χ0v) is 20.9. The van der Waals surface area contributed by atoms with Crippen molar-refractivity contribution in [3.63, 3.8) is 0 Å². The minimum Gasteiger partial charge on any atom is -0.497 e. The molecule has 4 aromatic rings. The van der Waals surface area contributed by atoms with E-state index in [1.807, 2.05) is 70.4 Å². The number of fused-ring (bicyclic) bond motifs is 3. The predicted molar refractivity (Wildman–Crippen MR) is 142 cm³/mol. The molecule has 0 bridgehead atoms. The van der Waals surface area contributed by atoms with Crippen molar-refractivity contribution in [2.24, 2.45) is 0 Å². The van der Waals surface area contributed by atoms with Crippen LogP contribution in [0.4, 0.5) is 5.69 Å². The summed E-state index contributed by atoms with van der Waals surface area (Å²) in [6.45, 7) is 4.06. The van der Waals surface area contributed by atoms with Gasteiger partial charge >= 0.3 is 0 Å². The van der Waals surface area contributed by atoms with Crippen LogP contribution in [0.25, 0.3) is 16.9 Å². The number of ether oxygens (including phenoxy) is 1. The van der Waals surface area contributed by atoms with Crippen molar-refractivity contribution >= 4 is 11.6 Å². The van der Waals surface area contributed by atoms with Gasteiger partial charge in [0.2, 0.25) is 0 Å². The summed E-state index contributed by atoms with van der Waals surface area (Å²) in [7, 11) is 3.82. The summed E-state index contributed by atoms with van der Waals surface area (Å²) in [6, 6.07) is 24.3. The van der Waals surface area contributed by atoms with Crippen LogP contribution in [0.2, 0.25) is 0 Å². The summed E-state index contributed by atoms with van der Waals surface area (Å²) in [5.74, 6) is 1.09. The number of methoxy groups -OCH3 is 1. The molecule has 0 saturated carbocycles. The lowest BCUT2D eigenvalue weighted by atomic mass is 9.88. The minimum atomic E-state index is 0.00477. The van der Waals surface area contributed by atoms with Crippen LogP contribution < -0.4 is 9.64 Å². The molecule has 6 heteroatoms. The van der Waals surface area contributed by atoms with Crippen LogP contribution in [-0.4, -0.2) is 53.9 Å². The first-order chi connectivity index (χ1) is 17.5. The van der Waals surface area contributed by atoms with Crippen LogP contribution in [0.3, 0.4) is 0 Å². The maximum absolute atomic E-state index is 14.4. The maximum atomic E-state index is 14.4. The Bertz CT molecular complexity index is 1410. The topological polar surface area (TPSA) is 50.6 Å². The van der Waals surface area contributed by atoms with E-state index < -0.39 is 0 Å². The molecule has 0 unspecified atom stereocenters. The van der Waals surface area contributed by atoms with E-state index >= 15 is 0 Å². The Kier molecular flexibility index (Phi) is 5.61. The number of likely N-dealkylation sites (N-methyl/N-ethyl adjacent to an activating group) is 1. The minimum absolute atomic E-state index is 0.00477. The van der Waals surface area contributed by atoms with Crippen LogP contribution in [0, 0.1) is 6.92 Å². The summed E-state index contributed by atoms with van der Waals surface area (Å²) in [6.07, 6.45) is 2.83. The fourth-order valence-corrected chi connectivity index (χ4v) is 5.68. The zero-order chi connectivity index (χ0) is 24.8. The molecule has 0 aliphatic carbocycles. The molecule has 0 radical (unpaired) electrons. The van der Waals surface area contributed by atoms with Gasteiger partial charge in [-0.15, -0.1) is 0 Å². The standard InChI is InChI=1S/C30H30N4O2/c1-20-9-14-27-24(17-20)25-18-32(2)16-15-28(25)34(27)30(35)26-19-33(22-7-5-4-6-8-22)31-29(26)21-10-12-23(36-3)13-11-21/h4-14,17,19,25,28H,15-16,18H2,1-3H3/t25-,28+/m1/s1. The number of rotatable bonds is 4. The second kappa shape index (κ2) is 8.95. The van der Waals surface area contributed by atoms with Crippen molar-refractivity contribution in [3.05, 3.63) is 95.7 Å². The number of amides is 1. The molecular weight excluding hydrogens is 448 g/mol. The molecule has 1 amide bonds. The van der Waals surface area contributed by atoms with Crippen LogP contribution in [0.5, 0.6) is 5.75 Å². The van der Waals surface area contributed by atoms with Gasteiger partial charge in [-0.05, 0) is 75.0 Å². The Morgan fingerprint density at radius 1 is 1.03 bits per heavy atom. The van der Waals surface area contributed by atoms with Gasteiger partial charge in [0.15, 0.2) is 0 Å². The number of anilines is 1. The first kappa shape index (κ1) is 22.6. The molecule has 2 atom stereocenters. The third-order valence-electron chi connectivity index (χ3n) is 7.50. The van der Waals surface area contributed by atoms with E-state index in [4.69, 9.17) is 9.84 Å². The van der Waals surface area contributed by atoms with Crippen molar-refractivity contribution in [3.8, 4) is 22.7 Å². The molecule has 1 aromatic heterocycles. The van der Waals surface area contributed by atoms with E-state index in [9.17, 15) is 4.79 Å². The molecule has 182 valence electrons. The zero-order valence-electron chi connectivity index (χ0n) is 20.9. The maximum Gasteiger partial charge on any atom is 0.262 e. The summed E-state index contributed by atoms with van der Waals surface area (Å²) >= 11 is 0. The molecule has 0 spiro atoms. The number of likely N-dealkylation sites (tertiary alicyclic amines) is 1. The summed E-state index contributed by atoms with van der Waals surface area (Å²) in [4.78, 5) is 18.8. The van der Waals surface area contributed by atoms with Gasteiger partial charge < -0.3 is 14.5 Å². The van der Waals surface area contributed by atoms with Crippen molar-refractivity contribution in [1.82, 2.24) is 14.7 Å². The van der Waals surface area contributed by atoms with Crippen molar-refractivity contribution in [1.29, 1.82) is 0 Å². The lowest BCUT2D eigenvalue weighted by molar-refractivity contribution is 0.0965. The highest BCUT2D eigenvalue weighted by molar-refractivity contribution is 6.11. The number of hydrogen-bond donors (Lipinski definition) is 0. The Morgan fingerprint density at radius 2 is 1.81 bits per heavy atom. The van der Waals surface area contributed by atoms with E-state index in [1.165, 1.54) is 11.1 Å². The molecule has 0 N–H and O–H groups in total. The number of aromatic nitrogens is 2. The van der Waals surface area contributed by atoms with E-state index in [0.29, 0.717) is 17.2 Å². The quantitative estimate of drug-likeness (QED) is 0.399. The summed E-state index contributed by atoms with van der Waals surface area (Å²) in [5, 5.41) is 4.90. The lowest BCUT2D eigenvalue weighted by Gasteiger charge is -2.36. The van der Waals surface area contributed by atoms with Crippen molar-refractivity contribution in [2.45, 2.75) is 25.3 Å². The molecule has 2 aliphatic rings. The van der Waals surface area contributed by atoms with Crippen molar-refractivity contribution in [2.75, 3.05) is 32.1 Å². The molecule has 6 rings (SSSR count). The van der Waals surface area contributed by atoms with Crippen LogP contribution in [0.15, 0.2) is 79.0 Å². The van der Waals surface area contributed by atoms with Gasteiger partial charge in [-0.1, -0.05) is 35.9 Å². The van der Waals surface area contributed by atoms with Gasteiger partial charge in [-0.25, -0.2) is 4.68 Å². The van der Waals surface area contributed by atoms with E-state index in [2.05, 4.69) is 37.1 Å². The van der Waals surface area contributed by atoms with Crippen LogP contribution in [-0.2, 0) is 0 Å². The number of benzene rings is 3. The highest BCUT2D eigenvalue weighted by Crippen LogP contribution is 2.46. The smallest absolute Gasteiger partial charge is 0.262 e. The summed E-state index contributed by atoms with van der Waals surface area (Å²) < 4.78 is 7.16. The van der Waals surface area contributed by atoms with E-state index in [0.717, 1.165) is 42.2 Å². The largest absolute Gasteiger partial charge is 0.497 e. The molecule has 2 aliphatic heterocycles. The molecule has 6 nitrogen and oxygen atoms in total. The lowest BCUT2D eigenvalue weighted by Crippen LogP contribution is -2.47. The molecule has 36 heavy (non-hydrogen) atoms. The fraction of sp³-hybridized carbons (Fsp3) is 0.267. The van der Waals surface area contributed by atoms with Gasteiger partial charge in [0, 0.05) is 36.0 Å². The SMILES string of the molecule is COc1ccc(-c2nn(-c3ccccc3)cc2C(=O)N2c3ccc(C)cc3[C@H]3CN(C)CC[C@@H]32)cc1. The normalized spacial score (nSPS) is 19.1. The number of nitrogens with zero attached hydrogens (tertiary/aromatic N) is 4. The molecule has 1 saturated heterocycles.